The zero-order valence-corrected chi connectivity index (χ0v) is 15.8. The first kappa shape index (κ1) is 18.7. The van der Waals surface area contributed by atoms with Gasteiger partial charge in [0.25, 0.3) is 5.91 Å². The predicted molar refractivity (Wildman–Crippen MR) is 108 cm³/mol. The first-order valence-corrected chi connectivity index (χ1v) is 9.41. The highest BCUT2D eigenvalue weighted by Gasteiger charge is 2.22. The summed E-state index contributed by atoms with van der Waals surface area (Å²) >= 11 is 0. The Hall–Kier alpha value is -3.68. The van der Waals surface area contributed by atoms with E-state index in [0.29, 0.717) is 49.8 Å². The number of carbonyl (C=O) groups excluding carboxylic acids is 2. The molecular weight excluding hydrogens is 370 g/mol. The van der Waals surface area contributed by atoms with Gasteiger partial charge in [0.15, 0.2) is 0 Å². The second-order valence-corrected chi connectivity index (χ2v) is 6.76. The minimum absolute atomic E-state index is 0.0915. The molecule has 0 atom stereocenters. The van der Waals surface area contributed by atoms with Crippen LogP contribution in [0.3, 0.4) is 0 Å². The zero-order valence-electron chi connectivity index (χ0n) is 15.8. The molecule has 1 fully saturated rings. The highest BCUT2D eigenvalue weighted by Crippen LogP contribution is 2.14. The molecule has 0 bridgehead atoms. The van der Waals surface area contributed by atoms with Crippen LogP contribution >= 0.6 is 0 Å². The van der Waals surface area contributed by atoms with Gasteiger partial charge in [-0.1, -0.05) is 12.1 Å². The average Bonchev–Trinajstić information content (AvgIpc) is 3.31. The average molecular weight is 391 g/mol. The van der Waals surface area contributed by atoms with Gasteiger partial charge in [0.05, 0.1) is 18.2 Å². The van der Waals surface area contributed by atoms with Crippen molar-refractivity contribution < 1.29 is 14.0 Å². The van der Waals surface area contributed by atoms with Crippen LogP contribution in [0.5, 0.6) is 0 Å². The predicted octanol–water partition coefficient (Wildman–Crippen LogP) is 2.21. The van der Waals surface area contributed by atoms with E-state index in [1.165, 1.54) is 12.5 Å². The van der Waals surface area contributed by atoms with E-state index in [9.17, 15) is 9.59 Å². The Kier molecular flexibility index (Phi) is 5.51. The number of carbonyl (C=O) groups is 2. The second-order valence-electron chi connectivity index (χ2n) is 6.76. The zero-order chi connectivity index (χ0) is 20.1. The van der Waals surface area contributed by atoms with E-state index in [0.717, 1.165) is 5.56 Å². The molecule has 1 aliphatic heterocycles. The minimum Gasteiger partial charge on any atom is -0.472 e. The van der Waals surface area contributed by atoms with Crippen molar-refractivity contribution in [3.8, 4) is 0 Å². The molecule has 1 N–H and O–H groups in total. The molecular formula is C21H21N5O3. The van der Waals surface area contributed by atoms with Crippen molar-refractivity contribution >= 4 is 23.5 Å². The summed E-state index contributed by atoms with van der Waals surface area (Å²) in [6.07, 6.45) is 6.63. The van der Waals surface area contributed by atoms with Crippen molar-refractivity contribution in [1.82, 2.24) is 14.9 Å². The van der Waals surface area contributed by atoms with Gasteiger partial charge in [0, 0.05) is 44.3 Å². The smallest absolute Gasteiger partial charge is 0.258 e. The van der Waals surface area contributed by atoms with Gasteiger partial charge in [0.2, 0.25) is 11.9 Å². The molecule has 8 heteroatoms. The Balaban J connectivity index is 1.28. The Morgan fingerprint density at radius 3 is 2.38 bits per heavy atom. The Labute approximate surface area is 168 Å². The number of hydrogen-bond acceptors (Lipinski definition) is 6. The van der Waals surface area contributed by atoms with Gasteiger partial charge >= 0.3 is 0 Å². The van der Waals surface area contributed by atoms with E-state index < -0.39 is 0 Å². The number of furan rings is 1. The normalized spacial score (nSPS) is 13.9. The van der Waals surface area contributed by atoms with E-state index in [4.69, 9.17) is 4.42 Å². The van der Waals surface area contributed by atoms with Crippen molar-refractivity contribution in [2.75, 3.05) is 36.4 Å². The molecule has 8 nitrogen and oxygen atoms in total. The van der Waals surface area contributed by atoms with Crippen molar-refractivity contribution in [1.29, 1.82) is 0 Å². The monoisotopic (exact) mass is 391 g/mol. The lowest BCUT2D eigenvalue weighted by atomic mass is 10.1. The van der Waals surface area contributed by atoms with Crippen molar-refractivity contribution in [3.63, 3.8) is 0 Å². The van der Waals surface area contributed by atoms with Crippen LogP contribution in [0.25, 0.3) is 0 Å². The van der Waals surface area contributed by atoms with E-state index in [1.54, 1.807) is 36.7 Å². The molecule has 4 rings (SSSR count). The summed E-state index contributed by atoms with van der Waals surface area (Å²) in [4.78, 5) is 37.1. The molecule has 2 aromatic heterocycles. The first-order chi connectivity index (χ1) is 14.2. The van der Waals surface area contributed by atoms with Crippen LogP contribution in [0, 0.1) is 0 Å². The molecule has 0 saturated carbocycles. The molecule has 0 unspecified atom stereocenters. The SMILES string of the molecule is O=C(Nc1ccc(CC(=O)N2CCN(c3ncccn3)CC2)cc1)c1ccoc1. The molecule has 2 amide bonds. The first-order valence-electron chi connectivity index (χ1n) is 9.41. The Morgan fingerprint density at radius 1 is 1.00 bits per heavy atom. The van der Waals surface area contributed by atoms with Gasteiger partial charge in [-0.25, -0.2) is 9.97 Å². The summed E-state index contributed by atoms with van der Waals surface area (Å²) in [5, 5.41) is 2.80. The largest absolute Gasteiger partial charge is 0.472 e. The van der Waals surface area contributed by atoms with Gasteiger partial charge in [-0.2, -0.15) is 0 Å². The number of hydrogen-bond donors (Lipinski definition) is 1. The van der Waals surface area contributed by atoms with Gasteiger partial charge in [-0.05, 0) is 29.8 Å². The fourth-order valence-electron chi connectivity index (χ4n) is 3.20. The number of aromatic nitrogens is 2. The van der Waals surface area contributed by atoms with Crippen LogP contribution < -0.4 is 10.2 Å². The molecule has 148 valence electrons. The number of amides is 2. The van der Waals surface area contributed by atoms with Crippen molar-refractivity contribution in [2.24, 2.45) is 0 Å². The molecule has 1 saturated heterocycles. The maximum atomic E-state index is 12.6. The molecule has 0 spiro atoms. The Morgan fingerprint density at radius 2 is 1.72 bits per heavy atom. The summed E-state index contributed by atoms with van der Waals surface area (Å²) in [6.45, 7) is 2.73. The number of nitrogens with one attached hydrogen (secondary N) is 1. The third-order valence-corrected chi connectivity index (χ3v) is 4.82. The minimum atomic E-state index is -0.233. The molecule has 1 aliphatic rings. The number of benzene rings is 1. The van der Waals surface area contributed by atoms with Crippen LogP contribution in [0.15, 0.2) is 65.7 Å². The van der Waals surface area contributed by atoms with Gasteiger partial charge < -0.3 is 19.5 Å². The number of anilines is 2. The lowest BCUT2D eigenvalue weighted by Crippen LogP contribution is -2.49. The van der Waals surface area contributed by atoms with Crippen molar-refractivity contribution in [3.05, 3.63) is 72.4 Å². The van der Waals surface area contributed by atoms with Crippen LogP contribution in [-0.2, 0) is 11.2 Å². The van der Waals surface area contributed by atoms with Gasteiger partial charge in [-0.3, -0.25) is 9.59 Å². The van der Waals surface area contributed by atoms with Crippen LogP contribution in [0.4, 0.5) is 11.6 Å². The van der Waals surface area contributed by atoms with Crippen molar-refractivity contribution in [2.45, 2.75) is 6.42 Å². The number of nitrogens with zero attached hydrogens (tertiary/aromatic N) is 4. The lowest BCUT2D eigenvalue weighted by molar-refractivity contribution is -0.130. The van der Waals surface area contributed by atoms with E-state index in [2.05, 4.69) is 20.2 Å². The molecule has 3 heterocycles. The summed E-state index contributed by atoms with van der Waals surface area (Å²) in [5.41, 5.74) is 2.04. The maximum absolute atomic E-state index is 12.6. The lowest BCUT2D eigenvalue weighted by Gasteiger charge is -2.34. The van der Waals surface area contributed by atoms with Gasteiger partial charge in [-0.15, -0.1) is 0 Å². The fraction of sp³-hybridized carbons (Fsp3) is 0.238. The van der Waals surface area contributed by atoms with Crippen LogP contribution in [0.1, 0.15) is 15.9 Å². The topological polar surface area (TPSA) is 91.6 Å². The molecule has 0 radical (unpaired) electrons. The van der Waals surface area contributed by atoms with Crippen LogP contribution in [0.2, 0.25) is 0 Å². The van der Waals surface area contributed by atoms with E-state index in [1.807, 2.05) is 17.0 Å². The quantitative estimate of drug-likeness (QED) is 0.717. The van der Waals surface area contributed by atoms with E-state index >= 15 is 0 Å². The molecule has 0 aliphatic carbocycles. The highest BCUT2D eigenvalue weighted by atomic mass is 16.3. The Bertz CT molecular complexity index is 950. The summed E-state index contributed by atoms with van der Waals surface area (Å²) < 4.78 is 4.91. The molecule has 1 aromatic carbocycles. The maximum Gasteiger partial charge on any atom is 0.258 e. The van der Waals surface area contributed by atoms with Gasteiger partial charge in [0.1, 0.15) is 6.26 Å². The van der Waals surface area contributed by atoms with Crippen LogP contribution in [-0.4, -0.2) is 52.9 Å². The van der Waals surface area contributed by atoms with E-state index in [-0.39, 0.29) is 11.8 Å². The highest BCUT2D eigenvalue weighted by molar-refractivity contribution is 6.04. The summed E-state index contributed by atoms with van der Waals surface area (Å²) in [6, 6.07) is 10.7. The summed E-state index contributed by atoms with van der Waals surface area (Å²) in [5.74, 6) is 0.560. The standard InChI is InChI=1S/C21H21N5O3/c27-19(25-9-11-26(12-10-25)21-22-7-1-8-23-21)14-16-2-4-18(5-3-16)24-20(28)17-6-13-29-15-17/h1-8,13,15H,9-12,14H2,(H,24,28). The third kappa shape index (κ3) is 4.60. The number of rotatable bonds is 5. The third-order valence-electron chi connectivity index (χ3n) is 4.82. The summed E-state index contributed by atoms with van der Waals surface area (Å²) in [7, 11) is 0. The second kappa shape index (κ2) is 8.55. The fourth-order valence-corrected chi connectivity index (χ4v) is 3.20. The molecule has 3 aromatic rings. The molecule has 29 heavy (non-hydrogen) atoms. The number of piperazine rings is 1.